The van der Waals surface area contributed by atoms with Gasteiger partial charge in [-0.25, -0.2) is 9.59 Å². The van der Waals surface area contributed by atoms with E-state index in [9.17, 15) is 14.4 Å². The van der Waals surface area contributed by atoms with E-state index in [1.807, 2.05) is 68.4 Å². The van der Waals surface area contributed by atoms with Gasteiger partial charge in [-0.05, 0) is 62.8 Å². The van der Waals surface area contributed by atoms with Crippen molar-refractivity contribution in [2.24, 2.45) is 5.92 Å². The van der Waals surface area contributed by atoms with E-state index >= 15 is 0 Å². The van der Waals surface area contributed by atoms with Gasteiger partial charge in [0.05, 0.1) is 0 Å². The number of benzene rings is 2. The number of rotatable bonds is 11. The van der Waals surface area contributed by atoms with Crippen molar-refractivity contribution in [3.8, 4) is 5.75 Å². The summed E-state index contributed by atoms with van der Waals surface area (Å²) >= 11 is 0. The van der Waals surface area contributed by atoms with Crippen LogP contribution in [0.3, 0.4) is 0 Å². The van der Waals surface area contributed by atoms with Crippen molar-refractivity contribution >= 4 is 17.9 Å². The van der Waals surface area contributed by atoms with Gasteiger partial charge in [-0.3, -0.25) is 4.79 Å². The van der Waals surface area contributed by atoms with E-state index in [4.69, 9.17) is 9.47 Å². The Labute approximate surface area is 245 Å². The van der Waals surface area contributed by atoms with Crippen molar-refractivity contribution in [2.75, 3.05) is 13.1 Å². The molecule has 0 radical (unpaired) electrons. The maximum absolute atomic E-state index is 13.6. The zero-order valence-electron chi connectivity index (χ0n) is 25.3. The number of nitrogens with zero attached hydrogens (tertiary/aromatic N) is 1. The Balaban J connectivity index is 1.71. The third-order valence-electron chi connectivity index (χ3n) is 7.29. The summed E-state index contributed by atoms with van der Waals surface area (Å²) in [5, 5.41) is 5.87. The first kappa shape index (κ1) is 32.0. The highest BCUT2D eigenvalue weighted by Gasteiger charge is 2.33. The van der Waals surface area contributed by atoms with Crippen LogP contribution in [0.15, 0.2) is 54.6 Å². The van der Waals surface area contributed by atoms with Crippen molar-refractivity contribution in [2.45, 2.75) is 97.4 Å². The van der Waals surface area contributed by atoms with Crippen molar-refractivity contribution in [1.82, 2.24) is 15.5 Å². The van der Waals surface area contributed by atoms with Gasteiger partial charge < -0.3 is 25.0 Å². The maximum Gasteiger partial charge on any atom is 0.329 e. The lowest BCUT2D eigenvalue weighted by Crippen LogP contribution is -2.57. The highest BCUT2D eigenvalue weighted by atomic mass is 16.6. The summed E-state index contributed by atoms with van der Waals surface area (Å²) in [5.74, 6) is -0.312. The Kier molecular flexibility index (Phi) is 12.0. The zero-order valence-corrected chi connectivity index (χ0v) is 25.3. The van der Waals surface area contributed by atoms with Crippen molar-refractivity contribution in [3.63, 3.8) is 0 Å². The van der Waals surface area contributed by atoms with Crippen LogP contribution in [0.4, 0.5) is 4.79 Å². The smallest absolute Gasteiger partial charge is 0.329 e. The molecule has 1 aliphatic rings. The van der Waals surface area contributed by atoms with Crippen LogP contribution in [-0.4, -0.2) is 53.6 Å². The van der Waals surface area contributed by atoms with Crippen LogP contribution in [-0.2, 0) is 27.4 Å². The van der Waals surface area contributed by atoms with Crippen LogP contribution in [0.1, 0.15) is 77.8 Å². The Morgan fingerprint density at radius 1 is 0.878 bits per heavy atom. The topological polar surface area (TPSA) is 97.0 Å². The molecule has 8 heteroatoms. The first-order valence-electron chi connectivity index (χ1n) is 14.9. The number of hydrogen-bond donors (Lipinski definition) is 2. The molecule has 1 heterocycles. The Hall–Kier alpha value is -3.55. The molecule has 1 saturated heterocycles. The van der Waals surface area contributed by atoms with Crippen molar-refractivity contribution < 1.29 is 23.9 Å². The normalized spacial score (nSPS) is 16.1. The molecule has 3 atom stereocenters. The van der Waals surface area contributed by atoms with Gasteiger partial charge in [0.2, 0.25) is 5.91 Å². The maximum atomic E-state index is 13.6. The highest BCUT2D eigenvalue weighted by molar-refractivity contribution is 5.90. The number of urea groups is 1. The molecule has 2 N–H and O–H groups in total. The Bertz CT molecular complexity index is 1110. The molecule has 3 rings (SSSR count). The predicted octanol–water partition coefficient (Wildman–Crippen LogP) is 5.63. The zero-order chi connectivity index (χ0) is 29.8. The minimum Gasteiger partial charge on any atom is -0.489 e. The lowest BCUT2D eigenvalue weighted by atomic mass is 9.97. The lowest BCUT2D eigenvalue weighted by Gasteiger charge is -2.30. The number of hydrogen-bond acceptors (Lipinski definition) is 5. The van der Waals surface area contributed by atoms with E-state index in [0.717, 1.165) is 36.8 Å². The fourth-order valence-electron chi connectivity index (χ4n) is 4.73. The molecular formula is C33H47N3O5. The molecule has 0 spiro atoms. The van der Waals surface area contributed by atoms with Crippen LogP contribution in [0.5, 0.6) is 5.75 Å². The van der Waals surface area contributed by atoms with Gasteiger partial charge in [-0.15, -0.1) is 0 Å². The van der Waals surface area contributed by atoms with E-state index < -0.39 is 23.7 Å². The molecule has 1 fully saturated rings. The molecule has 8 nitrogen and oxygen atoms in total. The van der Waals surface area contributed by atoms with E-state index in [0.29, 0.717) is 31.9 Å². The molecule has 0 aromatic heterocycles. The highest BCUT2D eigenvalue weighted by Crippen LogP contribution is 2.18. The molecule has 2 aromatic rings. The van der Waals surface area contributed by atoms with Gasteiger partial charge in [0.25, 0.3) is 0 Å². The molecule has 0 saturated carbocycles. The van der Waals surface area contributed by atoms with E-state index in [-0.39, 0.29) is 24.3 Å². The number of nitrogens with one attached hydrogen (secondary N) is 2. The summed E-state index contributed by atoms with van der Waals surface area (Å²) in [6.07, 6.45) is 5.08. The summed E-state index contributed by atoms with van der Waals surface area (Å²) in [6, 6.07) is 15.5. The van der Waals surface area contributed by atoms with Crippen molar-refractivity contribution in [1.29, 1.82) is 0 Å². The van der Waals surface area contributed by atoms with Gasteiger partial charge in [-0.2, -0.15) is 0 Å². The Morgan fingerprint density at radius 3 is 2.10 bits per heavy atom. The third kappa shape index (κ3) is 10.7. The molecule has 0 bridgehead atoms. The third-order valence-corrected chi connectivity index (χ3v) is 7.29. The first-order chi connectivity index (χ1) is 19.6. The fourth-order valence-corrected chi connectivity index (χ4v) is 4.73. The van der Waals surface area contributed by atoms with E-state index in [2.05, 4.69) is 10.6 Å². The number of ether oxygens (including phenoxy) is 2. The van der Waals surface area contributed by atoms with E-state index in [1.165, 1.54) is 0 Å². The number of carbonyl (C=O) groups is 3. The standard InChI is InChI=1S/C33H47N3O5/c1-6-24(2)29(35-32(39)36-20-12-7-8-13-21-36)30(37)34-28(31(38)41-33(3,4)5)22-25-16-18-27(19-17-25)40-23-26-14-10-9-11-15-26/h9-11,14-19,24,28-29H,6-8,12-13,20-23H2,1-5H3,(H,34,37)(H,35,39)/t24?,28-,29?/m0/s1. The van der Waals surface area contributed by atoms with Crippen LogP contribution >= 0.6 is 0 Å². The number of likely N-dealkylation sites (tertiary alicyclic amines) is 1. The summed E-state index contributed by atoms with van der Waals surface area (Å²) in [7, 11) is 0. The second-order valence-corrected chi connectivity index (χ2v) is 11.9. The number of esters is 1. The second kappa shape index (κ2) is 15.5. The second-order valence-electron chi connectivity index (χ2n) is 11.9. The predicted molar refractivity (Wildman–Crippen MR) is 161 cm³/mol. The molecule has 2 aromatic carbocycles. The summed E-state index contributed by atoms with van der Waals surface area (Å²) in [5.41, 5.74) is 1.21. The van der Waals surface area contributed by atoms with Gasteiger partial charge >= 0.3 is 12.0 Å². The van der Waals surface area contributed by atoms with Gasteiger partial charge in [-0.1, -0.05) is 75.6 Å². The molecule has 0 aliphatic carbocycles. The Morgan fingerprint density at radius 2 is 1.51 bits per heavy atom. The van der Waals surface area contributed by atoms with E-state index in [1.54, 1.807) is 25.7 Å². The monoisotopic (exact) mass is 565 g/mol. The molecule has 224 valence electrons. The average molecular weight is 566 g/mol. The molecule has 3 amide bonds. The minimum absolute atomic E-state index is 0.119. The SMILES string of the molecule is CCC(C)C(NC(=O)N1CCCCCC1)C(=O)N[C@@H](Cc1ccc(OCc2ccccc2)cc1)C(=O)OC(C)(C)C. The van der Waals surface area contributed by atoms with Gasteiger partial charge in [0, 0.05) is 19.5 Å². The largest absolute Gasteiger partial charge is 0.489 e. The van der Waals surface area contributed by atoms with Crippen LogP contribution in [0, 0.1) is 5.92 Å². The molecule has 2 unspecified atom stereocenters. The first-order valence-corrected chi connectivity index (χ1v) is 14.9. The summed E-state index contributed by atoms with van der Waals surface area (Å²) in [4.78, 5) is 41.7. The molecular weight excluding hydrogens is 518 g/mol. The van der Waals surface area contributed by atoms with Gasteiger partial charge in [0.15, 0.2) is 0 Å². The summed E-state index contributed by atoms with van der Waals surface area (Å²) < 4.78 is 11.6. The molecule has 41 heavy (non-hydrogen) atoms. The van der Waals surface area contributed by atoms with Crippen LogP contribution in [0.2, 0.25) is 0 Å². The van der Waals surface area contributed by atoms with Gasteiger partial charge in [0.1, 0.15) is 30.0 Å². The van der Waals surface area contributed by atoms with Crippen LogP contribution in [0.25, 0.3) is 0 Å². The molecule has 1 aliphatic heterocycles. The number of carbonyl (C=O) groups excluding carboxylic acids is 3. The average Bonchev–Trinajstić information content (AvgIpc) is 3.24. The van der Waals surface area contributed by atoms with Crippen LogP contribution < -0.4 is 15.4 Å². The quantitative estimate of drug-likeness (QED) is 0.344. The summed E-state index contributed by atoms with van der Waals surface area (Å²) in [6.45, 7) is 11.1. The number of amides is 3. The lowest BCUT2D eigenvalue weighted by molar-refractivity contribution is -0.158. The fraction of sp³-hybridized carbons (Fsp3) is 0.545. The van der Waals surface area contributed by atoms with Crippen molar-refractivity contribution in [3.05, 3.63) is 65.7 Å². The minimum atomic E-state index is -0.917.